The molecule has 0 amide bonds. The van der Waals surface area contributed by atoms with Crippen molar-refractivity contribution in [2.24, 2.45) is 0 Å². The maximum Gasteiger partial charge on any atom is 0.356 e. The van der Waals surface area contributed by atoms with Gasteiger partial charge in [-0.25, -0.2) is 9.78 Å². The van der Waals surface area contributed by atoms with Gasteiger partial charge < -0.3 is 14.2 Å². The van der Waals surface area contributed by atoms with Crippen molar-refractivity contribution in [3.63, 3.8) is 0 Å². The van der Waals surface area contributed by atoms with Crippen LogP contribution in [0.5, 0.6) is 11.5 Å². The number of fused-ring (bicyclic) bond motifs is 1. The normalized spacial score (nSPS) is 10.4. The third-order valence-electron chi connectivity index (χ3n) is 3.01. The van der Waals surface area contributed by atoms with Gasteiger partial charge in [0.1, 0.15) is 17.0 Å². The number of carbonyl (C=O) groups is 1. The Balaban J connectivity index is 2.80. The summed E-state index contributed by atoms with van der Waals surface area (Å²) in [6.45, 7) is 4.35. The van der Waals surface area contributed by atoms with Gasteiger partial charge in [-0.2, -0.15) is 0 Å². The molecule has 1 aromatic carbocycles. The lowest BCUT2D eigenvalue weighted by Crippen LogP contribution is -2.07. The van der Waals surface area contributed by atoms with Crippen LogP contribution in [-0.2, 0) is 4.74 Å². The van der Waals surface area contributed by atoms with E-state index >= 15 is 0 Å². The van der Waals surface area contributed by atoms with E-state index in [2.05, 4.69) is 4.98 Å². The van der Waals surface area contributed by atoms with E-state index in [9.17, 15) is 4.79 Å². The first-order valence-corrected chi connectivity index (χ1v) is 6.31. The summed E-state index contributed by atoms with van der Waals surface area (Å²) in [5, 5.41) is 0.846. The fourth-order valence-corrected chi connectivity index (χ4v) is 2.09. The van der Waals surface area contributed by atoms with Crippen molar-refractivity contribution in [1.29, 1.82) is 0 Å². The summed E-state index contributed by atoms with van der Waals surface area (Å²) in [5.41, 5.74) is 1.80. The van der Waals surface area contributed by atoms with Crippen LogP contribution in [0.4, 0.5) is 0 Å². The SMILES string of the molecule is CCOc1cc(C(=O)OC)nc2c(OC)ccc(C)c12. The van der Waals surface area contributed by atoms with E-state index < -0.39 is 5.97 Å². The molecule has 0 aliphatic rings. The lowest BCUT2D eigenvalue weighted by atomic mass is 10.1. The monoisotopic (exact) mass is 275 g/mol. The molecule has 2 aromatic rings. The maximum absolute atomic E-state index is 11.7. The molecule has 0 saturated carbocycles. The van der Waals surface area contributed by atoms with E-state index in [-0.39, 0.29) is 5.69 Å². The second-order valence-electron chi connectivity index (χ2n) is 4.24. The molecule has 5 nitrogen and oxygen atoms in total. The zero-order valence-corrected chi connectivity index (χ0v) is 12.0. The first-order valence-electron chi connectivity index (χ1n) is 6.31. The van der Waals surface area contributed by atoms with E-state index in [0.717, 1.165) is 10.9 Å². The van der Waals surface area contributed by atoms with Gasteiger partial charge in [-0.15, -0.1) is 0 Å². The standard InChI is InChI=1S/C15H17NO4/c1-5-20-12-8-10(15(17)19-4)16-14-11(18-3)7-6-9(2)13(12)14/h6-8H,5H2,1-4H3. The molecule has 1 aromatic heterocycles. The largest absolute Gasteiger partial charge is 0.494 e. The van der Waals surface area contributed by atoms with Crippen molar-refractivity contribution in [3.05, 3.63) is 29.5 Å². The van der Waals surface area contributed by atoms with Gasteiger partial charge in [0.2, 0.25) is 0 Å². The maximum atomic E-state index is 11.7. The van der Waals surface area contributed by atoms with Crippen molar-refractivity contribution in [1.82, 2.24) is 4.98 Å². The van der Waals surface area contributed by atoms with Crippen LogP contribution in [0, 0.1) is 6.92 Å². The Hall–Kier alpha value is -2.30. The van der Waals surface area contributed by atoms with E-state index in [1.54, 1.807) is 13.2 Å². The Kier molecular flexibility index (Phi) is 4.08. The number of hydrogen-bond donors (Lipinski definition) is 0. The van der Waals surface area contributed by atoms with Crippen LogP contribution in [0.2, 0.25) is 0 Å². The van der Waals surface area contributed by atoms with E-state index in [1.807, 2.05) is 26.0 Å². The lowest BCUT2D eigenvalue weighted by Gasteiger charge is -2.13. The Bertz CT molecular complexity index is 652. The van der Waals surface area contributed by atoms with Crippen LogP contribution in [0.25, 0.3) is 10.9 Å². The summed E-state index contributed by atoms with van der Waals surface area (Å²) < 4.78 is 15.7. The summed E-state index contributed by atoms with van der Waals surface area (Å²) in [5.74, 6) is 0.697. The Morgan fingerprint density at radius 1 is 1.25 bits per heavy atom. The van der Waals surface area contributed by atoms with Crippen molar-refractivity contribution in [3.8, 4) is 11.5 Å². The predicted molar refractivity (Wildman–Crippen MR) is 75.5 cm³/mol. The molecular weight excluding hydrogens is 258 g/mol. The van der Waals surface area contributed by atoms with Crippen molar-refractivity contribution < 1.29 is 19.0 Å². The highest BCUT2D eigenvalue weighted by atomic mass is 16.5. The van der Waals surface area contributed by atoms with Gasteiger partial charge in [0.05, 0.1) is 20.8 Å². The molecule has 106 valence electrons. The number of benzene rings is 1. The average Bonchev–Trinajstić information content (AvgIpc) is 2.46. The molecule has 0 bridgehead atoms. The first-order chi connectivity index (χ1) is 9.62. The van der Waals surface area contributed by atoms with Gasteiger partial charge in [0.15, 0.2) is 5.69 Å². The number of esters is 1. The van der Waals surface area contributed by atoms with Crippen LogP contribution in [0.15, 0.2) is 18.2 Å². The number of aromatic nitrogens is 1. The van der Waals surface area contributed by atoms with E-state index in [4.69, 9.17) is 14.2 Å². The van der Waals surface area contributed by atoms with Gasteiger partial charge in [-0.3, -0.25) is 0 Å². The van der Waals surface area contributed by atoms with Crippen LogP contribution in [0.1, 0.15) is 23.0 Å². The predicted octanol–water partition coefficient (Wildman–Crippen LogP) is 2.74. The van der Waals surface area contributed by atoms with Gasteiger partial charge in [0.25, 0.3) is 0 Å². The van der Waals surface area contributed by atoms with E-state index in [1.165, 1.54) is 7.11 Å². The zero-order valence-electron chi connectivity index (χ0n) is 12.0. The first kappa shape index (κ1) is 14.1. The number of hydrogen-bond acceptors (Lipinski definition) is 5. The highest BCUT2D eigenvalue weighted by molar-refractivity contribution is 5.97. The average molecular weight is 275 g/mol. The van der Waals surface area contributed by atoms with Crippen molar-refractivity contribution in [2.45, 2.75) is 13.8 Å². The molecule has 0 spiro atoms. The molecule has 20 heavy (non-hydrogen) atoms. The van der Waals surface area contributed by atoms with Gasteiger partial charge in [-0.1, -0.05) is 6.07 Å². The number of aryl methyl sites for hydroxylation is 1. The highest BCUT2D eigenvalue weighted by Crippen LogP contribution is 2.34. The topological polar surface area (TPSA) is 57.7 Å². The van der Waals surface area contributed by atoms with Crippen molar-refractivity contribution in [2.75, 3.05) is 20.8 Å². The molecule has 0 unspecified atom stereocenters. The molecule has 0 N–H and O–H groups in total. The van der Waals surface area contributed by atoms with Crippen LogP contribution in [0.3, 0.4) is 0 Å². The molecule has 0 aliphatic heterocycles. The number of ether oxygens (including phenoxy) is 3. The molecule has 0 saturated heterocycles. The third kappa shape index (κ3) is 2.39. The molecule has 1 heterocycles. The number of carbonyl (C=O) groups excluding carboxylic acids is 1. The Morgan fingerprint density at radius 2 is 2.00 bits per heavy atom. The van der Waals surface area contributed by atoms with Crippen LogP contribution < -0.4 is 9.47 Å². The lowest BCUT2D eigenvalue weighted by molar-refractivity contribution is 0.0594. The van der Waals surface area contributed by atoms with Gasteiger partial charge in [0, 0.05) is 11.5 Å². The summed E-state index contributed by atoms with van der Waals surface area (Å²) in [4.78, 5) is 16.1. The van der Waals surface area contributed by atoms with Crippen LogP contribution >= 0.6 is 0 Å². The van der Waals surface area contributed by atoms with Gasteiger partial charge in [-0.05, 0) is 25.5 Å². The van der Waals surface area contributed by atoms with Crippen LogP contribution in [-0.4, -0.2) is 31.8 Å². The number of nitrogens with zero attached hydrogens (tertiary/aromatic N) is 1. The minimum absolute atomic E-state index is 0.201. The summed E-state index contributed by atoms with van der Waals surface area (Å²) in [7, 11) is 2.89. The molecule has 0 aliphatic carbocycles. The number of methoxy groups -OCH3 is 2. The summed E-state index contributed by atoms with van der Waals surface area (Å²) >= 11 is 0. The third-order valence-corrected chi connectivity index (χ3v) is 3.01. The number of pyridine rings is 1. The molecule has 0 radical (unpaired) electrons. The second kappa shape index (κ2) is 5.77. The van der Waals surface area contributed by atoms with Gasteiger partial charge >= 0.3 is 5.97 Å². The second-order valence-corrected chi connectivity index (χ2v) is 4.24. The van der Waals surface area contributed by atoms with E-state index in [0.29, 0.717) is 23.6 Å². The summed E-state index contributed by atoms with van der Waals surface area (Å²) in [6.07, 6.45) is 0. The molecular formula is C15H17NO4. The number of rotatable bonds is 4. The minimum Gasteiger partial charge on any atom is -0.494 e. The molecule has 2 rings (SSSR count). The Morgan fingerprint density at radius 3 is 2.60 bits per heavy atom. The quantitative estimate of drug-likeness (QED) is 0.803. The zero-order chi connectivity index (χ0) is 14.7. The minimum atomic E-state index is -0.503. The molecule has 0 atom stereocenters. The molecule has 0 fully saturated rings. The fraction of sp³-hybridized carbons (Fsp3) is 0.333. The van der Waals surface area contributed by atoms with Crippen molar-refractivity contribution >= 4 is 16.9 Å². The highest BCUT2D eigenvalue weighted by Gasteiger charge is 2.17. The molecule has 5 heteroatoms. The Labute approximate surface area is 117 Å². The smallest absolute Gasteiger partial charge is 0.356 e. The summed E-state index contributed by atoms with van der Waals surface area (Å²) in [6, 6.07) is 5.36. The fourth-order valence-electron chi connectivity index (χ4n) is 2.09.